The van der Waals surface area contributed by atoms with Gasteiger partial charge in [0.25, 0.3) is 0 Å². The lowest BCUT2D eigenvalue weighted by Crippen LogP contribution is -2.08. The second-order valence-electron chi connectivity index (χ2n) is 6.52. The first kappa shape index (κ1) is 17.2. The van der Waals surface area contributed by atoms with Gasteiger partial charge in [0.2, 0.25) is 0 Å². The molecule has 0 bridgehead atoms. The normalized spacial score (nSPS) is 13.6. The number of ether oxygens (including phenoxy) is 1. The Bertz CT molecular complexity index is 906. The van der Waals surface area contributed by atoms with Crippen molar-refractivity contribution >= 4 is 27.4 Å². The molecule has 2 N–H and O–H groups in total. The number of aliphatic hydroxyl groups is 1. The molecule has 0 atom stereocenters. The van der Waals surface area contributed by atoms with Gasteiger partial charge in [-0.25, -0.2) is 9.97 Å². The number of nitrogens with zero attached hydrogens (tertiary/aromatic N) is 2. The Morgan fingerprint density at radius 2 is 1.96 bits per heavy atom. The third-order valence-corrected chi connectivity index (χ3v) is 5.98. The van der Waals surface area contributed by atoms with E-state index in [0.717, 1.165) is 40.6 Å². The molecular formula is C20H23N3O2S. The van der Waals surface area contributed by atoms with Crippen molar-refractivity contribution in [2.75, 3.05) is 25.6 Å². The number of anilines is 1. The number of hydrogen-bond acceptors (Lipinski definition) is 6. The molecule has 2 aromatic heterocycles. The molecule has 6 heteroatoms. The third-order valence-electron chi connectivity index (χ3n) is 4.79. The molecule has 136 valence electrons. The number of hydrogen-bond donors (Lipinski definition) is 2. The Morgan fingerprint density at radius 3 is 2.73 bits per heavy atom. The maximum absolute atomic E-state index is 9.11. The van der Waals surface area contributed by atoms with Crippen LogP contribution in [0.2, 0.25) is 0 Å². The van der Waals surface area contributed by atoms with E-state index in [1.165, 1.54) is 28.7 Å². The average Bonchev–Trinajstić information content (AvgIpc) is 3.07. The maximum Gasteiger partial charge on any atom is 0.163 e. The number of rotatable bonds is 6. The number of methoxy groups -OCH3 is 1. The Labute approximate surface area is 157 Å². The molecule has 2 heterocycles. The van der Waals surface area contributed by atoms with Crippen molar-refractivity contribution in [2.24, 2.45) is 0 Å². The van der Waals surface area contributed by atoms with Gasteiger partial charge in [0, 0.05) is 23.6 Å². The van der Waals surface area contributed by atoms with E-state index in [9.17, 15) is 0 Å². The predicted molar refractivity (Wildman–Crippen MR) is 106 cm³/mol. The fraction of sp³-hybridized carbons (Fsp3) is 0.400. The third kappa shape index (κ3) is 3.27. The van der Waals surface area contributed by atoms with Gasteiger partial charge < -0.3 is 15.2 Å². The van der Waals surface area contributed by atoms with E-state index < -0.39 is 0 Å². The van der Waals surface area contributed by atoms with Gasteiger partial charge in [-0.05, 0) is 61.9 Å². The van der Waals surface area contributed by atoms with Crippen LogP contribution < -0.4 is 10.1 Å². The van der Waals surface area contributed by atoms with Crippen LogP contribution in [0.1, 0.15) is 29.7 Å². The minimum Gasteiger partial charge on any atom is -0.497 e. The van der Waals surface area contributed by atoms with Crippen LogP contribution in [0.3, 0.4) is 0 Å². The highest BCUT2D eigenvalue weighted by Crippen LogP contribution is 2.39. The van der Waals surface area contributed by atoms with Crippen LogP contribution in [0.5, 0.6) is 5.75 Å². The van der Waals surface area contributed by atoms with Crippen LogP contribution in [-0.4, -0.2) is 35.3 Å². The molecule has 1 aliphatic rings. The minimum absolute atomic E-state index is 0.175. The van der Waals surface area contributed by atoms with Crippen molar-refractivity contribution in [3.8, 4) is 17.1 Å². The fourth-order valence-corrected chi connectivity index (χ4v) is 4.70. The second kappa shape index (κ2) is 7.60. The molecule has 4 rings (SSSR count). The van der Waals surface area contributed by atoms with E-state index in [0.29, 0.717) is 13.0 Å². The summed E-state index contributed by atoms with van der Waals surface area (Å²) >= 11 is 1.80. The largest absolute Gasteiger partial charge is 0.497 e. The van der Waals surface area contributed by atoms with E-state index in [4.69, 9.17) is 19.8 Å². The van der Waals surface area contributed by atoms with Crippen molar-refractivity contribution < 1.29 is 9.84 Å². The van der Waals surface area contributed by atoms with Gasteiger partial charge in [0.1, 0.15) is 16.4 Å². The van der Waals surface area contributed by atoms with Gasteiger partial charge in [-0.2, -0.15) is 0 Å². The molecule has 0 amide bonds. The molecule has 3 aromatic rings. The van der Waals surface area contributed by atoms with Crippen LogP contribution in [0.25, 0.3) is 21.6 Å². The first-order chi connectivity index (χ1) is 12.8. The monoisotopic (exact) mass is 369 g/mol. The fourth-order valence-electron chi connectivity index (χ4n) is 3.44. The van der Waals surface area contributed by atoms with E-state index in [-0.39, 0.29) is 6.61 Å². The summed E-state index contributed by atoms with van der Waals surface area (Å²) in [4.78, 5) is 12.2. The number of thiophene rings is 1. The van der Waals surface area contributed by atoms with Crippen molar-refractivity contribution in [3.63, 3.8) is 0 Å². The highest BCUT2D eigenvalue weighted by atomic mass is 32.1. The first-order valence-corrected chi connectivity index (χ1v) is 9.93. The molecule has 0 radical (unpaired) electrons. The van der Waals surface area contributed by atoms with Crippen molar-refractivity contribution in [2.45, 2.75) is 32.1 Å². The topological polar surface area (TPSA) is 67.3 Å². The molecule has 0 fully saturated rings. The first-order valence-electron chi connectivity index (χ1n) is 9.11. The highest BCUT2D eigenvalue weighted by molar-refractivity contribution is 7.19. The predicted octanol–water partition coefficient (Wildman–Crippen LogP) is 4.04. The summed E-state index contributed by atoms with van der Waals surface area (Å²) in [6.07, 6.45) is 5.44. The van der Waals surface area contributed by atoms with Crippen LogP contribution in [0, 0.1) is 0 Å². The lowest BCUT2D eigenvalue weighted by molar-refractivity contribution is 0.292. The maximum atomic E-state index is 9.11. The second-order valence-corrected chi connectivity index (χ2v) is 7.60. The number of nitrogens with one attached hydrogen (secondary N) is 1. The molecular weight excluding hydrogens is 346 g/mol. The highest BCUT2D eigenvalue weighted by Gasteiger charge is 2.21. The molecule has 1 aliphatic carbocycles. The van der Waals surface area contributed by atoms with Crippen LogP contribution in [-0.2, 0) is 12.8 Å². The SMILES string of the molecule is COc1ccc(-c2nc(NCCCO)c3c4c(sc3n2)CCCC4)cc1. The lowest BCUT2D eigenvalue weighted by atomic mass is 9.97. The average molecular weight is 369 g/mol. The van der Waals surface area contributed by atoms with Gasteiger partial charge in [0.05, 0.1) is 12.5 Å². The zero-order valence-corrected chi connectivity index (χ0v) is 15.7. The van der Waals surface area contributed by atoms with Gasteiger partial charge in [-0.15, -0.1) is 11.3 Å². The molecule has 5 nitrogen and oxygen atoms in total. The van der Waals surface area contributed by atoms with Crippen LogP contribution in [0.15, 0.2) is 24.3 Å². The van der Waals surface area contributed by atoms with E-state index in [1.807, 2.05) is 24.3 Å². The van der Waals surface area contributed by atoms with E-state index >= 15 is 0 Å². The van der Waals surface area contributed by atoms with Gasteiger partial charge in [-0.1, -0.05) is 0 Å². The molecule has 0 spiro atoms. The minimum atomic E-state index is 0.175. The summed E-state index contributed by atoms with van der Waals surface area (Å²) in [7, 11) is 1.66. The zero-order valence-electron chi connectivity index (χ0n) is 14.9. The standard InChI is InChI=1S/C20H23N3O2S/c1-25-14-9-7-13(8-10-14)18-22-19(21-11-4-12-24)17-15-5-2-3-6-16(15)26-20(17)23-18/h7-10,24H,2-6,11-12H2,1H3,(H,21,22,23). The van der Waals surface area contributed by atoms with Crippen molar-refractivity contribution in [1.29, 1.82) is 0 Å². The summed E-state index contributed by atoms with van der Waals surface area (Å²) in [5.74, 6) is 2.45. The number of benzene rings is 1. The molecule has 0 saturated carbocycles. The number of aryl methyl sites for hydroxylation is 2. The summed E-state index contributed by atoms with van der Waals surface area (Å²) in [6.45, 7) is 0.879. The van der Waals surface area contributed by atoms with Gasteiger partial charge in [-0.3, -0.25) is 0 Å². The van der Waals surface area contributed by atoms with E-state index in [1.54, 1.807) is 18.4 Å². The van der Waals surface area contributed by atoms with Crippen molar-refractivity contribution in [1.82, 2.24) is 9.97 Å². The van der Waals surface area contributed by atoms with Crippen LogP contribution >= 0.6 is 11.3 Å². The van der Waals surface area contributed by atoms with Gasteiger partial charge in [0.15, 0.2) is 5.82 Å². The molecule has 0 unspecified atom stereocenters. The smallest absolute Gasteiger partial charge is 0.163 e. The van der Waals surface area contributed by atoms with Crippen LogP contribution in [0.4, 0.5) is 5.82 Å². The Hall–Kier alpha value is -2.18. The quantitative estimate of drug-likeness (QED) is 0.642. The number of fused-ring (bicyclic) bond motifs is 3. The Balaban J connectivity index is 1.80. The lowest BCUT2D eigenvalue weighted by Gasteiger charge is -2.13. The summed E-state index contributed by atoms with van der Waals surface area (Å²) in [6, 6.07) is 7.85. The molecule has 1 aromatic carbocycles. The summed E-state index contributed by atoms with van der Waals surface area (Å²) < 4.78 is 5.24. The number of aliphatic hydroxyl groups excluding tert-OH is 1. The molecule has 0 saturated heterocycles. The Kier molecular flexibility index (Phi) is 5.04. The summed E-state index contributed by atoms with van der Waals surface area (Å²) in [5.41, 5.74) is 2.40. The molecule has 0 aliphatic heterocycles. The summed E-state index contributed by atoms with van der Waals surface area (Å²) in [5, 5.41) is 13.7. The van der Waals surface area contributed by atoms with E-state index in [2.05, 4.69) is 5.32 Å². The molecule has 26 heavy (non-hydrogen) atoms. The number of aromatic nitrogens is 2. The Morgan fingerprint density at radius 1 is 1.15 bits per heavy atom. The van der Waals surface area contributed by atoms with Gasteiger partial charge >= 0.3 is 0 Å². The van der Waals surface area contributed by atoms with Crippen molar-refractivity contribution in [3.05, 3.63) is 34.7 Å². The zero-order chi connectivity index (χ0) is 17.9.